The van der Waals surface area contributed by atoms with Crippen LogP contribution in [-0.2, 0) is 10.8 Å². The maximum Gasteiger partial charge on any atom is 0.189 e. The van der Waals surface area contributed by atoms with E-state index in [-0.39, 0.29) is 60.9 Å². The summed E-state index contributed by atoms with van der Waals surface area (Å²) in [6, 6.07) is 13.4. The number of hydrogen-bond donors (Lipinski definition) is 1. The van der Waals surface area contributed by atoms with E-state index in [1.807, 2.05) is 36.4 Å². The Hall–Kier alpha value is -0.356. The molecule has 27 heavy (non-hydrogen) atoms. The zero-order chi connectivity index (χ0) is 19.4. The van der Waals surface area contributed by atoms with Gasteiger partial charge in [0.1, 0.15) is 0 Å². The Morgan fingerprint density at radius 1 is 1.00 bits per heavy atom. The van der Waals surface area contributed by atoms with Gasteiger partial charge in [-0.15, -0.1) is 0 Å². The molecule has 0 aliphatic carbocycles. The SMILES string of the molecule is C/C(O)=C/C(=O)c1ccc2ccccc2c1.CCCCS(=O)CCCC.[Eu]. The molecule has 149 valence electrons. The van der Waals surface area contributed by atoms with Gasteiger partial charge in [-0.05, 0) is 36.6 Å². The summed E-state index contributed by atoms with van der Waals surface area (Å²) in [4.78, 5) is 11.7. The van der Waals surface area contributed by atoms with Crippen molar-refractivity contribution < 1.29 is 63.5 Å². The second kappa shape index (κ2) is 15.6. The Morgan fingerprint density at radius 3 is 2.07 bits per heavy atom. The van der Waals surface area contributed by atoms with Crippen molar-refractivity contribution in [2.75, 3.05) is 11.5 Å². The molecule has 0 aliphatic heterocycles. The largest absolute Gasteiger partial charge is 0.512 e. The number of hydrogen-bond acceptors (Lipinski definition) is 3. The van der Waals surface area contributed by atoms with Crippen LogP contribution in [0.2, 0.25) is 0 Å². The molecule has 2 rings (SSSR count). The van der Waals surface area contributed by atoms with Gasteiger partial charge in [-0.1, -0.05) is 63.1 Å². The zero-order valence-corrected chi connectivity index (χ0v) is 19.7. The van der Waals surface area contributed by atoms with Crippen molar-refractivity contribution in [3.8, 4) is 0 Å². The molecule has 0 atom stereocenters. The van der Waals surface area contributed by atoms with Crippen LogP contribution in [0.5, 0.6) is 0 Å². The van der Waals surface area contributed by atoms with Crippen LogP contribution in [0.3, 0.4) is 0 Å². The van der Waals surface area contributed by atoms with E-state index in [1.165, 1.54) is 13.0 Å². The summed E-state index contributed by atoms with van der Waals surface area (Å²) in [5.74, 6) is 1.68. The smallest absolute Gasteiger partial charge is 0.189 e. The monoisotopic (exact) mass is 527 g/mol. The van der Waals surface area contributed by atoms with E-state index in [2.05, 4.69) is 13.8 Å². The van der Waals surface area contributed by atoms with Gasteiger partial charge in [-0.25, -0.2) is 0 Å². The fraction of sp³-hybridized carbons (Fsp3) is 0.409. The van der Waals surface area contributed by atoms with E-state index in [0.717, 1.165) is 48.0 Å². The van der Waals surface area contributed by atoms with Crippen molar-refractivity contribution in [2.24, 2.45) is 0 Å². The van der Waals surface area contributed by atoms with Crippen molar-refractivity contribution in [2.45, 2.75) is 46.5 Å². The second-order valence-corrected chi connectivity index (χ2v) is 7.96. The summed E-state index contributed by atoms with van der Waals surface area (Å²) in [5, 5.41) is 11.2. The molecule has 1 radical (unpaired) electrons. The van der Waals surface area contributed by atoms with E-state index in [4.69, 9.17) is 5.11 Å². The average molecular weight is 527 g/mol. The van der Waals surface area contributed by atoms with Gasteiger partial charge in [0, 0.05) is 83.3 Å². The number of rotatable bonds is 8. The number of carbonyl (C=O) groups is 1. The number of allylic oxidation sites excluding steroid dienone is 2. The topological polar surface area (TPSA) is 54.4 Å². The van der Waals surface area contributed by atoms with E-state index >= 15 is 0 Å². The van der Waals surface area contributed by atoms with E-state index in [9.17, 15) is 9.00 Å². The van der Waals surface area contributed by atoms with Gasteiger partial charge >= 0.3 is 0 Å². The van der Waals surface area contributed by atoms with Crippen LogP contribution in [0, 0.1) is 49.4 Å². The van der Waals surface area contributed by atoms with Gasteiger partial charge in [0.2, 0.25) is 0 Å². The molecule has 0 fully saturated rings. The van der Waals surface area contributed by atoms with Crippen LogP contribution in [-0.4, -0.2) is 26.6 Å². The van der Waals surface area contributed by atoms with Crippen LogP contribution in [0.1, 0.15) is 56.8 Å². The molecule has 3 nitrogen and oxygen atoms in total. The van der Waals surface area contributed by atoms with Crippen LogP contribution < -0.4 is 0 Å². The normalized spacial score (nSPS) is 10.9. The molecule has 0 heterocycles. The Kier molecular flexibility index (Phi) is 15.3. The zero-order valence-electron chi connectivity index (χ0n) is 16.4. The van der Waals surface area contributed by atoms with Gasteiger partial charge < -0.3 is 5.11 Å². The van der Waals surface area contributed by atoms with Crippen LogP contribution in [0.15, 0.2) is 54.3 Å². The molecule has 0 aromatic heterocycles. The molecular weight excluding hydrogens is 496 g/mol. The first-order valence-electron chi connectivity index (χ1n) is 9.23. The Bertz CT molecular complexity index is 742. The molecule has 2 aromatic rings. The minimum atomic E-state index is -0.520. The maximum absolute atomic E-state index is 11.7. The molecule has 0 unspecified atom stereocenters. The maximum atomic E-state index is 11.7. The standard InChI is InChI=1S/C14H12O2.C8H18OS.Eu/c1-10(15)8-14(16)13-7-6-11-4-2-3-5-12(11)9-13;1-3-5-7-10(9)8-6-4-2;/h2-9,15H,1H3;3-8H2,1-2H3;/b10-8-;;. The van der Waals surface area contributed by atoms with E-state index in [0.29, 0.717) is 5.56 Å². The average Bonchev–Trinajstić information content (AvgIpc) is 2.64. The van der Waals surface area contributed by atoms with Gasteiger partial charge in [0.05, 0.1) is 5.76 Å². The molecule has 0 spiro atoms. The third-order valence-electron chi connectivity index (χ3n) is 3.83. The van der Waals surface area contributed by atoms with E-state index in [1.54, 1.807) is 6.07 Å². The molecule has 0 amide bonds. The number of aliphatic hydroxyl groups excluding tert-OH is 1. The second-order valence-electron chi connectivity index (χ2n) is 6.27. The van der Waals surface area contributed by atoms with Crippen LogP contribution in [0.4, 0.5) is 0 Å². The first kappa shape index (κ1) is 26.6. The molecule has 0 saturated heterocycles. The van der Waals surface area contributed by atoms with Crippen molar-refractivity contribution in [3.05, 3.63) is 59.9 Å². The fourth-order valence-electron chi connectivity index (χ4n) is 2.33. The number of benzene rings is 2. The fourth-order valence-corrected chi connectivity index (χ4v) is 3.75. The minimum absolute atomic E-state index is 0. The van der Waals surface area contributed by atoms with E-state index < -0.39 is 10.8 Å². The van der Waals surface area contributed by atoms with Crippen LogP contribution in [0.25, 0.3) is 10.8 Å². The number of fused-ring (bicyclic) bond motifs is 1. The van der Waals surface area contributed by atoms with Crippen molar-refractivity contribution in [1.82, 2.24) is 0 Å². The summed E-state index contributed by atoms with van der Waals surface area (Å²) < 4.78 is 11.1. The van der Waals surface area contributed by atoms with Crippen molar-refractivity contribution in [3.63, 3.8) is 0 Å². The predicted octanol–water partition coefficient (Wildman–Crippen LogP) is 5.82. The van der Waals surface area contributed by atoms with Gasteiger partial charge in [-0.2, -0.15) is 0 Å². The summed E-state index contributed by atoms with van der Waals surface area (Å²) in [6.45, 7) is 5.76. The first-order valence-corrected chi connectivity index (χ1v) is 10.7. The first-order chi connectivity index (χ1) is 12.5. The molecule has 0 saturated carbocycles. The predicted molar refractivity (Wildman–Crippen MR) is 112 cm³/mol. The molecule has 0 aliphatic rings. The van der Waals surface area contributed by atoms with Crippen molar-refractivity contribution >= 4 is 27.4 Å². The Labute approximate surface area is 206 Å². The third-order valence-corrected chi connectivity index (χ3v) is 5.31. The molecule has 0 bridgehead atoms. The van der Waals surface area contributed by atoms with Gasteiger partial charge in [-0.3, -0.25) is 9.00 Å². The molecular formula is C22H30EuO3S. The summed E-state index contributed by atoms with van der Waals surface area (Å²) in [6.07, 6.45) is 5.80. The van der Waals surface area contributed by atoms with Gasteiger partial charge in [0.15, 0.2) is 5.78 Å². The number of aliphatic hydroxyl groups is 1. The number of ketones is 1. The van der Waals surface area contributed by atoms with Gasteiger partial charge in [0.25, 0.3) is 0 Å². The summed E-state index contributed by atoms with van der Waals surface area (Å²) in [5.41, 5.74) is 0.590. The van der Waals surface area contributed by atoms with Crippen LogP contribution >= 0.6 is 0 Å². The Balaban J connectivity index is 0.000000539. The third kappa shape index (κ3) is 11.3. The molecule has 1 N–H and O–H groups in total. The molecule has 2 aromatic carbocycles. The Morgan fingerprint density at radius 2 is 1.56 bits per heavy atom. The summed E-state index contributed by atoms with van der Waals surface area (Å²) >= 11 is 0. The molecule has 5 heteroatoms. The van der Waals surface area contributed by atoms with Crippen molar-refractivity contribution in [1.29, 1.82) is 0 Å². The summed E-state index contributed by atoms with van der Waals surface area (Å²) in [7, 11) is -0.520. The number of unbranched alkanes of at least 4 members (excludes halogenated alkanes) is 2. The minimum Gasteiger partial charge on any atom is -0.512 e. The quantitative estimate of drug-likeness (QED) is 0.268. The number of carbonyl (C=O) groups excluding carboxylic acids is 1.